The van der Waals surface area contributed by atoms with Crippen molar-refractivity contribution in [1.82, 2.24) is 9.80 Å². The van der Waals surface area contributed by atoms with E-state index >= 15 is 0 Å². The average molecular weight is 393 g/mol. The van der Waals surface area contributed by atoms with E-state index in [-0.39, 0.29) is 41.4 Å². The highest BCUT2D eigenvalue weighted by Gasteiger charge is 2.28. The minimum absolute atomic E-state index is 0.0725. The predicted molar refractivity (Wildman–Crippen MR) is 98.2 cm³/mol. The summed E-state index contributed by atoms with van der Waals surface area (Å²) in [7, 11) is 1.32. The minimum atomic E-state index is -1.09. The molecule has 2 amide bonds. The van der Waals surface area contributed by atoms with Crippen LogP contribution in [0.5, 0.6) is 5.75 Å². The number of carboxylic acids is 1. The maximum atomic E-state index is 12.8. The van der Waals surface area contributed by atoms with E-state index in [1.807, 2.05) is 0 Å². The van der Waals surface area contributed by atoms with Crippen LogP contribution in [0.4, 0.5) is 5.69 Å². The molecule has 10 nitrogen and oxygen atoms in total. The Balaban J connectivity index is 2.14. The Morgan fingerprint density at radius 1 is 1.32 bits per heavy atom. The smallest absolute Gasteiger partial charge is 0.323 e. The van der Waals surface area contributed by atoms with Crippen molar-refractivity contribution in [2.24, 2.45) is 0 Å². The number of benzene rings is 1. The Bertz CT molecular complexity index is 780. The summed E-state index contributed by atoms with van der Waals surface area (Å²) in [5.74, 6) is -1.68. The Hall–Kier alpha value is -3.17. The lowest BCUT2D eigenvalue weighted by Crippen LogP contribution is -2.43. The number of amides is 2. The maximum absolute atomic E-state index is 12.8. The van der Waals surface area contributed by atoms with Gasteiger partial charge in [-0.25, -0.2) is 0 Å². The molecule has 1 heterocycles. The highest BCUT2D eigenvalue weighted by atomic mass is 16.6. The second kappa shape index (κ2) is 9.16. The number of carbonyl (C=O) groups excluding carboxylic acids is 2. The van der Waals surface area contributed by atoms with Gasteiger partial charge in [0.05, 0.1) is 12.0 Å². The molecule has 0 bridgehead atoms. The number of nitrogens with zero attached hydrogens (tertiary/aromatic N) is 3. The lowest BCUT2D eigenvalue weighted by Gasteiger charge is -2.28. The number of carbonyl (C=O) groups is 3. The van der Waals surface area contributed by atoms with Gasteiger partial charge in [0, 0.05) is 37.7 Å². The monoisotopic (exact) mass is 393 g/mol. The summed E-state index contributed by atoms with van der Waals surface area (Å²) in [4.78, 5) is 49.1. The number of nitro benzene ring substituents is 1. The zero-order valence-corrected chi connectivity index (χ0v) is 15.8. The second-order valence-electron chi connectivity index (χ2n) is 6.56. The fourth-order valence-corrected chi connectivity index (χ4v) is 3.39. The van der Waals surface area contributed by atoms with Gasteiger partial charge in [0.15, 0.2) is 5.75 Å². The van der Waals surface area contributed by atoms with Crippen LogP contribution in [-0.4, -0.2) is 70.4 Å². The van der Waals surface area contributed by atoms with E-state index < -0.39 is 10.9 Å². The van der Waals surface area contributed by atoms with Crippen LogP contribution < -0.4 is 4.74 Å². The molecule has 0 aliphatic carbocycles. The van der Waals surface area contributed by atoms with Crippen LogP contribution in [-0.2, 0) is 9.59 Å². The van der Waals surface area contributed by atoms with Crippen LogP contribution in [0.2, 0.25) is 0 Å². The van der Waals surface area contributed by atoms with Gasteiger partial charge in [0.25, 0.3) is 5.91 Å². The van der Waals surface area contributed by atoms with E-state index in [0.29, 0.717) is 32.4 Å². The second-order valence-corrected chi connectivity index (χ2v) is 6.56. The summed E-state index contributed by atoms with van der Waals surface area (Å²) in [6.45, 7) is 1.70. The third-order valence-corrected chi connectivity index (χ3v) is 4.76. The Morgan fingerprint density at radius 2 is 2.04 bits per heavy atom. The van der Waals surface area contributed by atoms with Gasteiger partial charge in [0.1, 0.15) is 6.54 Å². The molecule has 2 rings (SSSR count). The maximum Gasteiger partial charge on any atom is 0.323 e. The van der Waals surface area contributed by atoms with E-state index in [4.69, 9.17) is 9.84 Å². The molecule has 1 saturated heterocycles. The van der Waals surface area contributed by atoms with E-state index in [2.05, 4.69) is 0 Å². The normalized spacial score (nSPS) is 16.8. The number of rotatable bonds is 6. The molecule has 152 valence electrons. The quantitative estimate of drug-likeness (QED) is 0.573. The fraction of sp³-hybridized carbons (Fsp3) is 0.500. The van der Waals surface area contributed by atoms with E-state index in [9.17, 15) is 24.5 Å². The number of likely N-dealkylation sites (tertiary alicyclic amines) is 1. The van der Waals surface area contributed by atoms with Gasteiger partial charge < -0.3 is 19.6 Å². The first-order valence-corrected chi connectivity index (χ1v) is 8.85. The van der Waals surface area contributed by atoms with Crippen molar-refractivity contribution >= 4 is 23.5 Å². The van der Waals surface area contributed by atoms with E-state index in [1.165, 1.54) is 37.1 Å². The van der Waals surface area contributed by atoms with Crippen LogP contribution in [0, 0.1) is 10.1 Å². The van der Waals surface area contributed by atoms with Gasteiger partial charge in [-0.05, 0) is 31.4 Å². The van der Waals surface area contributed by atoms with Crippen molar-refractivity contribution in [3.63, 3.8) is 0 Å². The third kappa shape index (κ3) is 4.96. The molecule has 1 aliphatic heterocycles. The zero-order valence-electron chi connectivity index (χ0n) is 15.8. The number of hydrogen-bond donors (Lipinski definition) is 1. The van der Waals surface area contributed by atoms with Gasteiger partial charge in [-0.3, -0.25) is 24.5 Å². The summed E-state index contributed by atoms with van der Waals surface area (Å²) >= 11 is 0. The zero-order chi connectivity index (χ0) is 20.8. The Kier molecular flexibility index (Phi) is 6.91. The van der Waals surface area contributed by atoms with E-state index in [1.54, 1.807) is 4.90 Å². The van der Waals surface area contributed by atoms with Gasteiger partial charge in [-0.2, -0.15) is 0 Å². The van der Waals surface area contributed by atoms with Gasteiger partial charge >= 0.3 is 11.7 Å². The molecule has 1 aromatic rings. The Labute approximate surface area is 161 Å². The number of aliphatic carboxylic acids is 1. The summed E-state index contributed by atoms with van der Waals surface area (Å²) in [6.07, 6.45) is 1.62. The summed E-state index contributed by atoms with van der Waals surface area (Å²) in [6, 6.07) is 3.78. The molecule has 1 atom stereocenters. The molecular formula is C18H23N3O7. The molecule has 0 aromatic heterocycles. The van der Waals surface area contributed by atoms with Crippen LogP contribution in [0.3, 0.4) is 0 Å². The molecule has 1 fully saturated rings. The standard InChI is InChI=1S/C18H23N3O7/c1-12(22)20(11-17(23)24)14-4-3-8-19(9-7-14)18(25)13-5-6-16(28-2)15(10-13)21(26)27/h5-6,10,14H,3-4,7-9,11H2,1-2H3,(H,23,24). The third-order valence-electron chi connectivity index (χ3n) is 4.76. The molecule has 28 heavy (non-hydrogen) atoms. The molecule has 0 saturated carbocycles. The average Bonchev–Trinajstić information content (AvgIpc) is 2.90. The van der Waals surface area contributed by atoms with Crippen molar-refractivity contribution in [2.45, 2.75) is 32.2 Å². The summed E-state index contributed by atoms with van der Waals surface area (Å²) in [5.41, 5.74) is -0.106. The highest BCUT2D eigenvalue weighted by Crippen LogP contribution is 2.28. The molecule has 10 heteroatoms. The molecule has 0 radical (unpaired) electrons. The lowest BCUT2D eigenvalue weighted by atomic mass is 10.1. The summed E-state index contributed by atoms with van der Waals surface area (Å²) in [5, 5.41) is 20.2. The molecular weight excluding hydrogens is 370 g/mol. The molecule has 1 aromatic carbocycles. The molecule has 1 N–H and O–H groups in total. The van der Waals surface area contributed by atoms with Gasteiger partial charge in [-0.1, -0.05) is 0 Å². The number of carboxylic acid groups (broad SMARTS) is 1. The van der Waals surface area contributed by atoms with Gasteiger partial charge in [-0.15, -0.1) is 0 Å². The Morgan fingerprint density at radius 3 is 2.61 bits per heavy atom. The van der Waals surface area contributed by atoms with Crippen LogP contribution in [0.25, 0.3) is 0 Å². The first-order chi connectivity index (χ1) is 13.2. The lowest BCUT2D eigenvalue weighted by molar-refractivity contribution is -0.385. The molecule has 1 aliphatic rings. The number of methoxy groups -OCH3 is 1. The first-order valence-electron chi connectivity index (χ1n) is 8.85. The van der Waals surface area contributed by atoms with Crippen molar-refractivity contribution in [1.29, 1.82) is 0 Å². The van der Waals surface area contributed by atoms with Crippen LogP contribution in [0.15, 0.2) is 18.2 Å². The van der Waals surface area contributed by atoms with Gasteiger partial charge in [0.2, 0.25) is 5.91 Å². The summed E-state index contributed by atoms with van der Waals surface area (Å²) < 4.78 is 4.95. The van der Waals surface area contributed by atoms with Crippen molar-refractivity contribution in [2.75, 3.05) is 26.7 Å². The highest BCUT2D eigenvalue weighted by molar-refractivity contribution is 5.95. The van der Waals surface area contributed by atoms with Crippen molar-refractivity contribution < 1.29 is 29.2 Å². The SMILES string of the molecule is COc1ccc(C(=O)N2CCCC(N(CC(=O)O)C(C)=O)CC2)cc1[N+](=O)[O-]. The van der Waals surface area contributed by atoms with E-state index in [0.717, 1.165) is 0 Å². The van der Waals surface area contributed by atoms with Crippen molar-refractivity contribution in [3.8, 4) is 5.75 Å². The number of hydrogen-bond acceptors (Lipinski definition) is 6. The number of nitro groups is 1. The predicted octanol–water partition coefficient (Wildman–Crippen LogP) is 1.53. The topological polar surface area (TPSA) is 130 Å². The van der Waals surface area contributed by atoms with Crippen LogP contribution in [0.1, 0.15) is 36.5 Å². The molecule has 0 spiro atoms. The fourth-order valence-electron chi connectivity index (χ4n) is 3.39. The molecule has 1 unspecified atom stereocenters. The first kappa shape index (κ1) is 21.1. The number of ether oxygens (including phenoxy) is 1. The van der Waals surface area contributed by atoms with Crippen molar-refractivity contribution in [3.05, 3.63) is 33.9 Å². The largest absolute Gasteiger partial charge is 0.490 e. The minimum Gasteiger partial charge on any atom is -0.490 e. The van der Waals surface area contributed by atoms with Crippen LogP contribution >= 0.6 is 0 Å².